The SMILES string of the molecule is CC[C@@H]1CCc2sc(C(=O)NNC(=O)c3ccc4c(c3)OCCO4)cc2C1. The van der Waals surface area contributed by atoms with Gasteiger partial charge in [-0.1, -0.05) is 13.3 Å². The molecule has 6 nitrogen and oxygen atoms in total. The van der Waals surface area contributed by atoms with Crippen LogP contribution >= 0.6 is 11.3 Å². The van der Waals surface area contributed by atoms with Gasteiger partial charge in [0.05, 0.1) is 4.88 Å². The number of rotatable bonds is 3. The van der Waals surface area contributed by atoms with Gasteiger partial charge in [-0.2, -0.15) is 0 Å². The summed E-state index contributed by atoms with van der Waals surface area (Å²) < 4.78 is 10.9. The number of hydrogen-bond donors (Lipinski definition) is 2. The topological polar surface area (TPSA) is 76.7 Å². The second kappa shape index (κ2) is 7.60. The van der Waals surface area contributed by atoms with Crippen molar-refractivity contribution in [3.8, 4) is 11.5 Å². The van der Waals surface area contributed by atoms with E-state index in [0.29, 0.717) is 41.1 Å². The van der Waals surface area contributed by atoms with Crippen LogP contribution in [0.3, 0.4) is 0 Å². The third-order valence-corrected chi connectivity index (χ3v) is 6.32. The van der Waals surface area contributed by atoms with Crippen molar-refractivity contribution in [3.63, 3.8) is 0 Å². The minimum atomic E-state index is -0.396. The summed E-state index contributed by atoms with van der Waals surface area (Å²) in [6, 6.07) is 6.92. The first-order valence-electron chi connectivity index (χ1n) is 9.26. The molecule has 0 fully saturated rings. The Morgan fingerprint density at radius 2 is 1.89 bits per heavy atom. The highest BCUT2D eigenvalue weighted by Crippen LogP contribution is 2.33. The fourth-order valence-corrected chi connectivity index (χ4v) is 4.60. The van der Waals surface area contributed by atoms with Crippen molar-refractivity contribution in [2.24, 2.45) is 5.92 Å². The lowest BCUT2D eigenvalue weighted by Crippen LogP contribution is -2.41. The summed E-state index contributed by atoms with van der Waals surface area (Å²) in [6.45, 7) is 3.16. The van der Waals surface area contributed by atoms with Crippen LogP contribution < -0.4 is 20.3 Å². The molecular formula is C20H22N2O4S. The van der Waals surface area contributed by atoms with E-state index in [4.69, 9.17) is 9.47 Å². The van der Waals surface area contributed by atoms with Gasteiger partial charge >= 0.3 is 0 Å². The Kier molecular flexibility index (Phi) is 5.03. The molecule has 2 heterocycles. The van der Waals surface area contributed by atoms with Gasteiger partial charge in [0.1, 0.15) is 13.2 Å². The van der Waals surface area contributed by atoms with Crippen LogP contribution in [-0.4, -0.2) is 25.0 Å². The van der Waals surface area contributed by atoms with Crippen LogP contribution in [0.5, 0.6) is 11.5 Å². The zero-order valence-corrected chi connectivity index (χ0v) is 16.0. The van der Waals surface area contributed by atoms with Gasteiger partial charge in [0.2, 0.25) is 0 Å². The molecule has 0 saturated carbocycles. The van der Waals surface area contributed by atoms with E-state index in [9.17, 15) is 9.59 Å². The van der Waals surface area contributed by atoms with E-state index in [2.05, 4.69) is 17.8 Å². The molecule has 1 aromatic heterocycles. The van der Waals surface area contributed by atoms with Crippen molar-refractivity contribution in [1.29, 1.82) is 0 Å². The van der Waals surface area contributed by atoms with Crippen LogP contribution in [0.2, 0.25) is 0 Å². The van der Waals surface area contributed by atoms with Crippen molar-refractivity contribution in [2.75, 3.05) is 13.2 Å². The van der Waals surface area contributed by atoms with E-state index in [-0.39, 0.29) is 5.91 Å². The minimum Gasteiger partial charge on any atom is -0.486 e. The molecule has 7 heteroatoms. The van der Waals surface area contributed by atoms with Crippen molar-refractivity contribution in [1.82, 2.24) is 10.9 Å². The van der Waals surface area contributed by atoms with E-state index in [0.717, 1.165) is 12.8 Å². The quantitative estimate of drug-likeness (QED) is 0.795. The molecule has 2 aromatic rings. The number of ether oxygens (including phenoxy) is 2. The van der Waals surface area contributed by atoms with E-state index < -0.39 is 5.91 Å². The Bertz CT molecular complexity index is 877. The highest BCUT2D eigenvalue weighted by molar-refractivity contribution is 7.14. The number of amides is 2. The third kappa shape index (κ3) is 3.78. The smallest absolute Gasteiger partial charge is 0.279 e. The van der Waals surface area contributed by atoms with E-state index in [1.54, 1.807) is 18.2 Å². The van der Waals surface area contributed by atoms with Crippen LogP contribution in [0.15, 0.2) is 24.3 Å². The molecule has 0 spiro atoms. The average molecular weight is 386 g/mol. The normalized spacial score (nSPS) is 17.7. The molecule has 4 rings (SSSR count). The van der Waals surface area contributed by atoms with Crippen molar-refractivity contribution in [3.05, 3.63) is 45.1 Å². The lowest BCUT2D eigenvalue weighted by atomic mass is 9.87. The summed E-state index contributed by atoms with van der Waals surface area (Å²) in [5, 5.41) is 0. The summed E-state index contributed by atoms with van der Waals surface area (Å²) in [5.74, 6) is 1.19. The van der Waals surface area contributed by atoms with Gasteiger partial charge in [-0.3, -0.25) is 20.4 Å². The second-order valence-corrected chi connectivity index (χ2v) is 7.98. The second-order valence-electron chi connectivity index (χ2n) is 6.84. The molecule has 2 aliphatic rings. The number of hydrazine groups is 1. The highest BCUT2D eigenvalue weighted by atomic mass is 32.1. The Morgan fingerprint density at radius 3 is 2.70 bits per heavy atom. The monoisotopic (exact) mass is 386 g/mol. The highest BCUT2D eigenvalue weighted by Gasteiger charge is 2.22. The fourth-order valence-electron chi connectivity index (χ4n) is 3.49. The minimum absolute atomic E-state index is 0.284. The van der Waals surface area contributed by atoms with Crippen LogP contribution in [0, 0.1) is 5.92 Å². The molecule has 2 N–H and O–H groups in total. The summed E-state index contributed by atoms with van der Waals surface area (Å²) in [7, 11) is 0. The molecular weight excluding hydrogens is 364 g/mol. The van der Waals surface area contributed by atoms with Crippen LogP contribution in [0.4, 0.5) is 0 Å². The Balaban J connectivity index is 1.38. The maximum Gasteiger partial charge on any atom is 0.279 e. The summed E-state index contributed by atoms with van der Waals surface area (Å²) in [4.78, 5) is 26.7. The molecule has 27 heavy (non-hydrogen) atoms. The number of carbonyl (C=O) groups excluding carboxylic acids is 2. The Morgan fingerprint density at radius 1 is 1.11 bits per heavy atom. The zero-order chi connectivity index (χ0) is 18.8. The number of carbonyl (C=O) groups is 2. The van der Waals surface area contributed by atoms with Crippen LogP contribution in [0.1, 0.15) is 50.2 Å². The molecule has 1 aliphatic heterocycles. The molecule has 0 radical (unpaired) electrons. The van der Waals surface area contributed by atoms with E-state index in [1.165, 1.54) is 34.6 Å². The molecule has 2 amide bonds. The predicted molar refractivity (Wildman–Crippen MR) is 102 cm³/mol. The maximum atomic E-state index is 12.4. The molecule has 1 atom stereocenters. The van der Waals surface area contributed by atoms with Gasteiger partial charge in [-0.05, 0) is 55.0 Å². The summed E-state index contributed by atoms with van der Waals surface area (Å²) in [6.07, 6.45) is 4.43. The zero-order valence-electron chi connectivity index (χ0n) is 15.2. The van der Waals surface area contributed by atoms with Gasteiger partial charge in [0, 0.05) is 10.4 Å². The molecule has 1 aliphatic carbocycles. The predicted octanol–water partition coefficient (Wildman–Crippen LogP) is 3.11. The maximum absolute atomic E-state index is 12.4. The van der Waals surface area contributed by atoms with Gasteiger partial charge < -0.3 is 9.47 Å². The molecule has 0 saturated heterocycles. The largest absolute Gasteiger partial charge is 0.486 e. The Hall–Kier alpha value is -2.54. The number of aryl methyl sites for hydroxylation is 1. The van der Waals surface area contributed by atoms with E-state index >= 15 is 0 Å². The lowest BCUT2D eigenvalue weighted by molar-refractivity contribution is 0.0848. The standard InChI is InChI=1S/C20H22N2O4S/c1-2-12-3-6-17-14(9-12)11-18(27-17)20(24)22-21-19(23)13-4-5-15-16(10-13)26-8-7-25-15/h4-5,10-12H,2-3,6-9H2,1H3,(H,21,23)(H,22,24)/t12-/m1/s1. The number of fused-ring (bicyclic) bond motifs is 2. The van der Waals surface area contributed by atoms with Crippen molar-refractivity contribution < 1.29 is 19.1 Å². The fraction of sp³-hybridized carbons (Fsp3) is 0.400. The summed E-state index contributed by atoms with van der Waals surface area (Å²) >= 11 is 1.52. The Labute approximate surface area is 161 Å². The number of hydrogen-bond acceptors (Lipinski definition) is 5. The first-order valence-corrected chi connectivity index (χ1v) is 10.1. The number of nitrogens with one attached hydrogen (secondary N) is 2. The van der Waals surface area contributed by atoms with Gasteiger partial charge in [-0.15, -0.1) is 11.3 Å². The van der Waals surface area contributed by atoms with Crippen LogP contribution in [0.25, 0.3) is 0 Å². The molecule has 0 bridgehead atoms. The van der Waals surface area contributed by atoms with Crippen LogP contribution in [-0.2, 0) is 12.8 Å². The summed E-state index contributed by atoms with van der Waals surface area (Å²) in [5.41, 5.74) is 6.67. The number of thiophene rings is 1. The lowest BCUT2D eigenvalue weighted by Gasteiger charge is -2.19. The first kappa shape index (κ1) is 17.9. The average Bonchev–Trinajstić information content (AvgIpc) is 3.14. The molecule has 142 valence electrons. The first-order chi connectivity index (χ1) is 13.1. The third-order valence-electron chi connectivity index (χ3n) is 5.08. The van der Waals surface area contributed by atoms with Gasteiger partial charge in [0.25, 0.3) is 11.8 Å². The van der Waals surface area contributed by atoms with Gasteiger partial charge in [0.15, 0.2) is 11.5 Å². The molecule has 0 unspecified atom stereocenters. The van der Waals surface area contributed by atoms with Crippen molar-refractivity contribution >= 4 is 23.2 Å². The molecule has 1 aromatic carbocycles. The van der Waals surface area contributed by atoms with Gasteiger partial charge in [-0.25, -0.2) is 0 Å². The number of benzene rings is 1. The van der Waals surface area contributed by atoms with Crippen molar-refractivity contribution in [2.45, 2.75) is 32.6 Å². The van der Waals surface area contributed by atoms with E-state index in [1.807, 2.05) is 6.07 Å².